The van der Waals surface area contributed by atoms with Crippen LogP contribution < -0.4 is 10.6 Å². The first-order valence-electron chi connectivity index (χ1n) is 5.82. The molecule has 0 aromatic carbocycles. The maximum Gasteiger partial charge on any atom is 0.271 e. The lowest BCUT2D eigenvalue weighted by atomic mass is 10.3. The predicted octanol–water partition coefficient (Wildman–Crippen LogP) is 0.463. The van der Waals surface area contributed by atoms with Crippen LogP contribution in [0.3, 0.4) is 0 Å². The highest BCUT2D eigenvalue weighted by atomic mass is 16.5. The molecule has 1 aliphatic heterocycles. The summed E-state index contributed by atoms with van der Waals surface area (Å²) in [4.78, 5) is 16.1. The molecule has 6 heteroatoms. The number of aryl methyl sites for hydroxylation is 1. The van der Waals surface area contributed by atoms with Gasteiger partial charge in [0, 0.05) is 32.9 Å². The van der Waals surface area contributed by atoms with E-state index < -0.39 is 0 Å². The van der Waals surface area contributed by atoms with Crippen LogP contribution in [-0.2, 0) is 11.3 Å². The SMILES string of the molecule is COC(C)CNC(=O)c1cn2c(n1)NCCC2. The summed E-state index contributed by atoms with van der Waals surface area (Å²) in [5.74, 6) is 0.624. The van der Waals surface area contributed by atoms with Crippen LogP contribution in [0.2, 0.25) is 0 Å². The van der Waals surface area contributed by atoms with Gasteiger partial charge in [-0.25, -0.2) is 4.98 Å². The molecule has 17 heavy (non-hydrogen) atoms. The van der Waals surface area contributed by atoms with E-state index in [1.54, 1.807) is 13.3 Å². The van der Waals surface area contributed by atoms with Crippen molar-refractivity contribution in [1.29, 1.82) is 0 Å². The molecule has 2 rings (SSSR count). The molecule has 1 amide bonds. The van der Waals surface area contributed by atoms with Crippen molar-refractivity contribution in [1.82, 2.24) is 14.9 Å². The fourth-order valence-corrected chi connectivity index (χ4v) is 1.70. The highest BCUT2D eigenvalue weighted by molar-refractivity contribution is 5.92. The molecule has 2 heterocycles. The summed E-state index contributed by atoms with van der Waals surface area (Å²) in [5, 5.41) is 5.95. The number of nitrogens with one attached hydrogen (secondary N) is 2. The van der Waals surface area contributed by atoms with Crippen LogP contribution >= 0.6 is 0 Å². The Morgan fingerprint density at radius 1 is 1.76 bits per heavy atom. The Kier molecular flexibility index (Phi) is 3.63. The van der Waals surface area contributed by atoms with Gasteiger partial charge in [-0.2, -0.15) is 0 Å². The molecule has 2 N–H and O–H groups in total. The summed E-state index contributed by atoms with van der Waals surface area (Å²) in [6.07, 6.45) is 2.86. The molecule has 1 atom stereocenters. The van der Waals surface area contributed by atoms with Gasteiger partial charge in [0.25, 0.3) is 5.91 Å². The first kappa shape index (κ1) is 11.9. The number of methoxy groups -OCH3 is 1. The Morgan fingerprint density at radius 3 is 3.29 bits per heavy atom. The normalized spacial score (nSPS) is 15.9. The highest BCUT2D eigenvalue weighted by Gasteiger charge is 2.16. The minimum Gasteiger partial charge on any atom is -0.380 e. The van der Waals surface area contributed by atoms with E-state index in [1.807, 2.05) is 11.5 Å². The molecule has 1 aromatic rings. The minimum absolute atomic E-state index is 0.00862. The number of anilines is 1. The fraction of sp³-hybridized carbons (Fsp3) is 0.636. The largest absolute Gasteiger partial charge is 0.380 e. The van der Waals surface area contributed by atoms with E-state index in [0.29, 0.717) is 12.2 Å². The maximum absolute atomic E-state index is 11.8. The van der Waals surface area contributed by atoms with E-state index in [9.17, 15) is 4.79 Å². The van der Waals surface area contributed by atoms with Gasteiger partial charge < -0.3 is 19.9 Å². The van der Waals surface area contributed by atoms with Gasteiger partial charge in [0.05, 0.1) is 6.10 Å². The van der Waals surface area contributed by atoms with Crippen LogP contribution in [0.4, 0.5) is 5.95 Å². The number of rotatable bonds is 4. The van der Waals surface area contributed by atoms with Crippen molar-refractivity contribution in [2.75, 3.05) is 25.5 Å². The van der Waals surface area contributed by atoms with Crippen LogP contribution in [0, 0.1) is 0 Å². The number of nitrogens with zero attached hydrogens (tertiary/aromatic N) is 2. The first-order chi connectivity index (χ1) is 8.20. The van der Waals surface area contributed by atoms with Crippen molar-refractivity contribution in [3.05, 3.63) is 11.9 Å². The summed E-state index contributed by atoms with van der Waals surface area (Å²) < 4.78 is 7.04. The van der Waals surface area contributed by atoms with Gasteiger partial charge in [0.1, 0.15) is 5.69 Å². The third-order valence-electron chi connectivity index (χ3n) is 2.82. The molecular weight excluding hydrogens is 220 g/mol. The van der Waals surface area contributed by atoms with Gasteiger partial charge in [0.2, 0.25) is 5.95 Å². The van der Waals surface area contributed by atoms with E-state index >= 15 is 0 Å². The quantitative estimate of drug-likeness (QED) is 0.800. The molecule has 6 nitrogen and oxygen atoms in total. The summed E-state index contributed by atoms with van der Waals surface area (Å²) in [5.41, 5.74) is 0.456. The zero-order chi connectivity index (χ0) is 12.3. The zero-order valence-corrected chi connectivity index (χ0v) is 10.2. The molecule has 0 radical (unpaired) electrons. The van der Waals surface area contributed by atoms with E-state index in [-0.39, 0.29) is 12.0 Å². The summed E-state index contributed by atoms with van der Waals surface area (Å²) >= 11 is 0. The van der Waals surface area contributed by atoms with Gasteiger partial charge in [-0.3, -0.25) is 4.79 Å². The lowest BCUT2D eigenvalue weighted by Crippen LogP contribution is -2.31. The second-order valence-electron chi connectivity index (χ2n) is 4.18. The smallest absolute Gasteiger partial charge is 0.271 e. The van der Waals surface area contributed by atoms with Gasteiger partial charge in [0.15, 0.2) is 0 Å². The summed E-state index contributed by atoms with van der Waals surface area (Å²) in [7, 11) is 1.62. The molecule has 1 unspecified atom stereocenters. The van der Waals surface area contributed by atoms with Crippen LogP contribution in [0.1, 0.15) is 23.8 Å². The number of hydrogen-bond donors (Lipinski definition) is 2. The Balaban J connectivity index is 1.97. The Hall–Kier alpha value is -1.56. The number of carbonyl (C=O) groups excluding carboxylic acids is 1. The van der Waals surface area contributed by atoms with E-state index in [2.05, 4.69) is 15.6 Å². The lowest BCUT2D eigenvalue weighted by molar-refractivity contribution is 0.0866. The topological polar surface area (TPSA) is 68.2 Å². The van der Waals surface area contributed by atoms with Crippen molar-refractivity contribution in [2.45, 2.75) is 26.0 Å². The van der Waals surface area contributed by atoms with Gasteiger partial charge in [-0.15, -0.1) is 0 Å². The van der Waals surface area contributed by atoms with E-state index in [4.69, 9.17) is 4.74 Å². The third kappa shape index (κ3) is 2.76. The first-order valence-corrected chi connectivity index (χ1v) is 5.82. The molecule has 1 aliphatic rings. The lowest BCUT2D eigenvalue weighted by Gasteiger charge is -2.14. The number of imidazole rings is 1. The standard InChI is InChI=1S/C11H18N4O2/c1-8(17-2)6-13-10(16)9-7-15-5-3-4-12-11(15)14-9/h7-8H,3-6H2,1-2H3,(H,12,14)(H,13,16). The Bertz CT molecular complexity index is 379. The molecule has 94 valence electrons. The number of fused-ring (bicyclic) bond motifs is 1. The van der Waals surface area contributed by atoms with Crippen molar-refractivity contribution < 1.29 is 9.53 Å². The number of amides is 1. The Morgan fingerprint density at radius 2 is 2.59 bits per heavy atom. The molecule has 0 saturated heterocycles. The van der Waals surface area contributed by atoms with Crippen LogP contribution in [0.5, 0.6) is 0 Å². The van der Waals surface area contributed by atoms with Crippen LogP contribution in [-0.4, -0.2) is 41.8 Å². The predicted molar refractivity (Wildman–Crippen MR) is 64.1 cm³/mol. The molecular formula is C11H18N4O2. The number of carbonyl (C=O) groups is 1. The third-order valence-corrected chi connectivity index (χ3v) is 2.82. The van der Waals surface area contributed by atoms with Gasteiger partial charge in [-0.05, 0) is 13.3 Å². The summed E-state index contributed by atoms with van der Waals surface area (Å²) in [6, 6.07) is 0. The molecule has 0 aliphatic carbocycles. The Labute approximate surface area is 100 Å². The number of ether oxygens (including phenoxy) is 1. The molecule has 0 fully saturated rings. The van der Waals surface area contributed by atoms with Crippen LogP contribution in [0.15, 0.2) is 6.20 Å². The van der Waals surface area contributed by atoms with E-state index in [0.717, 1.165) is 25.5 Å². The average molecular weight is 238 g/mol. The van der Waals surface area contributed by atoms with Crippen LogP contribution in [0.25, 0.3) is 0 Å². The van der Waals surface area contributed by atoms with Crippen molar-refractivity contribution in [3.63, 3.8) is 0 Å². The minimum atomic E-state index is -0.155. The van der Waals surface area contributed by atoms with E-state index in [1.165, 1.54) is 0 Å². The molecule has 0 bridgehead atoms. The van der Waals surface area contributed by atoms with Crippen molar-refractivity contribution in [2.24, 2.45) is 0 Å². The van der Waals surface area contributed by atoms with Crippen molar-refractivity contribution >= 4 is 11.9 Å². The number of hydrogen-bond acceptors (Lipinski definition) is 4. The fourth-order valence-electron chi connectivity index (χ4n) is 1.70. The monoisotopic (exact) mass is 238 g/mol. The van der Waals surface area contributed by atoms with Gasteiger partial charge in [-0.1, -0.05) is 0 Å². The van der Waals surface area contributed by atoms with Gasteiger partial charge >= 0.3 is 0 Å². The summed E-state index contributed by atoms with van der Waals surface area (Å²) in [6.45, 7) is 4.22. The average Bonchev–Trinajstić information content (AvgIpc) is 2.79. The number of aromatic nitrogens is 2. The molecule has 1 aromatic heterocycles. The maximum atomic E-state index is 11.8. The highest BCUT2D eigenvalue weighted by Crippen LogP contribution is 2.13. The second-order valence-corrected chi connectivity index (χ2v) is 4.18. The second kappa shape index (κ2) is 5.18. The van der Waals surface area contributed by atoms with Crippen molar-refractivity contribution in [3.8, 4) is 0 Å². The molecule has 0 spiro atoms. The molecule has 0 saturated carbocycles. The zero-order valence-electron chi connectivity index (χ0n) is 10.2.